The lowest BCUT2D eigenvalue weighted by molar-refractivity contribution is 0.0697. The first-order chi connectivity index (χ1) is 17.1. The molecule has 1 aliphatic rings. The van der Waals surface area contributed by atoms with Gasteiger partial charge in [0.25, 0.3) is 5.56 Å². The number of phenolic OH excluding ortho intramolecular Hbond substituents is 1. The molecule has 1 heterocycles. The number of hydrogen-bond donors (Lipinski definition) is 3. The highest BCUT2D eigenvalue weighted by molar-refractivity contribution is 5.90. The van der Waals surface area contributed by atoms with Crippen molar-refractivity contribution in [1.29, 1.82) is 0 Å². The zero-order chi connectivity index (χ0) is 25.6. The number of carboxylic acid groups (broad SMARTS) is 1. The first-order valence-corrected chi connectivity index (χ1v) is 11.6. The Bertz CT molecular complexity index is 1590. The number of carboxylic acids is 1. The van der Waals surface area contributed by atoms with Crippen LogP contribution in [0.2, 0.25) is 0 Å². The zero-order valence-corrected chi connectivity index (χ0v) is 20.2. The van der Waals surface area contributed by atoms with Crippen molar-refractivity contribution in [3.05, 3.63) is 93.4 Å². The van der Waals surface area contributed by atoms with Crippen molar-refractivity contribution >= 4 is 17.3 Å². The smallest absolute Gasteiger partial charge is 0.335 e. The summed E-state index contributed by atoms with van der Waals surface area (Å²) < 4.78 is 1.46. The molecule has 0 radical (unpaired) electrons. The molecule has 0 bridgehead atoms. The molecule has 1 aliphatic carbocycles. The number of aromatic amines is 1. The summed E-state index contributed by atoms with van der Waals surface area (Å²) >= 11 is 0. The number of hydrogen-bond acceptors (Lipinski definition) is 5. The summed E-state index contributed by atoms with van der Waals surface area (Å²) in [6.45, 7) is 6.23. The minimum atomic E-state index is -1.06. The molecule has 0 unspecified atom stereocenters. The number of para-hydroxylation sites is 1. The molecule has 5 rings (SSSR count). The largest absolute Gasteiger partial charge is 0.505 e. The lowest BCUT2D eigenvalue weighted by Gasteiger charge is -2.14. The van der Waals surface area contributed by atoms with Crippen LogP contribution in [-0.2, 0) is 12.8 Å². The summed E-state index contributed by atoms with van der Waals surface area (Å²) in [6, 6.07) is 17.2. The molecule has 0 atom stereocenters. The van der Waals surface area contributed by atoms with Gasteiger partial charge in [0.15, 0.2) is 11.4 Å². The average molecular weight is 483 g/mol. The molecule has 36 heavy (non-hydrogen) atoms. The predicted molar refractivity (Wildman–Crippen MR) is 137 cm³/mol. The monoisotopic (exact) mass is 482 g/mol. The van der Waals surface area contributed by atoms with Gasteiger partial charge < -0.3 is 10.2 Å². The van der Waals surface area contributed by atoms with Gasteiger partial charge in [0, 0.05) is 5.56 Å². The van der Waals surface area contributed by atoms with E-state index in [1.807, 2.05) is 12.1 Å². The molecular weight excluding hydrogens is 456 g/mol. The van der Waals surface area contributed by atoms with E-state index < -0.39 is 5.97 Å². The quantitative estimate of drug-likeness (QED) is 0.298. The molecule has 0 saturated heterocycles. The minimum absolute atomic E-state index is 0.109. The van der Waals surface area contributed by atoms with E-state index in [1.54, 1.807) is 37.3 Å². The highest BCUT2D eigenvalue weighted by Gasteiger charge is 2.28. The summed E-state index contributed by atoms with van der Waals surface area (Å²) in [5, 5.41) is 31.5. The standard InChI is InChI=1S/C28H26N4O4/c1-16-24(26(34)32(31-16)21-11-10-19-14-28(2,3)15-20(19)13-21)30-29-23-9-5-8-22(25(23)33)17-6-4-7-18(12-17)27(35)36/h4-13,31,33H,14-15H2,1-3H3,(H,35,36). The first kappa shape index (κ1) is 23.3. The number of H-pyrrole nitrogens is 1. The normalized spacial score (nSPS) is 14.3. The van der Waals surface area contributed by atoms with Gasteiger partial charge in [-0.05, 0) is 72.2 Å². The lowest BCUT2D eigenvalue weighted by Crippen LogP contribution is -2.14. The second kappa shape index (κ2) is 8.64. The van der Waals surface area contributed by atoms with Gasteiger partial charge in [0.05, 0.1) is 16.9 Å². The van der Waals surface area contributed by atoms with E-state index in [0.29, 0.717) is 16.8 Å². The molecule has 0 spiro atoms. The SMILES string of the molecule is Cc1[nH]n(-c2ccc3c(c2)CC(C)(C)C3)c(=O)c1N=Nc1cccc(-c2cccc(C(=O)O)c2)c1O. The highest BCUT2D eigenvalue weighted by atomic mass is 16.4. The lowest BCUT2D eigenvalue weighted by atomic mass is 9.90. The Hall–Kier alpha value is -4.46. The van der Waals surface area contributed by atoms with Crippen LogP contribution in [0.3, 0.4) is 0 Å². The van der Waals surface area contributed by atoms with Crippen LogP contribution >= 0.6 is 0 Å². The molecule has 4 aromatic rings. The van der Waals surface area contributed by atoms with Crippen LogP contribution < -0.4 is 5.56 Å². The number of phenols is 1. The number of benzene rings is 3. The Morgan fingerprint density at radius 2 is 1.75 bits per heavy atom. The fourth-order valence-electron chi connectivity index (χ4n) is 4.79. The van der Waals surface area contributed by atoms with Gasteiger partial charge in [0.2, 0.25) is 0 Å². The molecule has 0 aliphatic heterocycles. The van der Waals surface area contributed by atoms with E-state index in [9.17, 15) is 19.8 Å². The maximum atomic E-state index is 13.2. The fourth-order valence-corrected chi connectivity index (χ4v) is 4.79. The minimum Gasteiger partial charge on any atom is -0.505 e. The van der Waals surface area contributed by atoms with Crippen molar-refractivity contribution in [3.63, 3.8) is 0 Å². The van der Waals surface area contributed by atoms with Gasteiger partial charge in [0.1, 0.15) is 5.69 Å². The number of aromatic carboxylic acids is 1. The van der Waals surface area contributed by atoms with Crippen molar-refractivity contribution in [3.8, 4) is 22.6 Å². The van der Waals surface area contributed by atoms with Crippen molar-refractivity contribution in [1.82, 2.24) is 9.78 Å². The van der Waals surface area contributed by atoms with E-state index in [4.69, 9.17) is 0 Å². The third-order valence-corrected chi connectivity index (χ3v) is 6.52. The van der Waals surface area contributed by atoms with Gasteiger partial charge in [-0.3, -0.25) is 9.89 Å². The number of aromatic hydroxyl groups is 1. The Morgan fingerprint density at radius 3 is 2.53 bits per heavy atom. The van der Waals surface area contributed by atoms with Gasteiger partial charge in [-0.15, -0.1) is 10.2 Å². The molecular formula is C28H26N4O4. The molecule has 0 saturated carbocycles. The Balaban J connectivity index is 1.47. The summed E-state index contributed by atoms with van der Waals surface area (Å²) in [7, 11) is 0. The molecule has 3 N–H and O–H groups in total. The molecule has 8 heteroatoms. The van der Waals surface area contributed by atoms with Crippen molar-refractivity contribution < 1.29 is 15.0 Å². The summed E-state index contributed by atoms with van der Waals surface area (Å²) in [6.07, 6.45) is 1.98. The molecule has 0 amide bonds. The summed E-state index contributed by atoms with van der Waals surface area (Å²) in [4.78, 5) is 24.5. The van der Waals surface area contributed by atoms with Gasteiger partial charge in [-0.2, -0.15) is 0 Å². The molecule has 182 valence electrons. The molecule has 1 aromatic heterocycles. The topological polar surface area (TPSA) is 120 Å². The van der Waals surface area contributed by atoms with Crippen LogP contribution in [0.25, 0.3) is 16.8 Å². The fraction of sp³-hybridized carbons (Fsp3) is 0.214. The summed E-state index contributed by atoms with van der Waals surface area (Å²) in [5.41, 5.74) is 5.09. The van der Waals surface area contributed by atoms with E-state index in [0.717, 1.165) is 18.5 Å². The maximum absolute atomic E-state index is 13.2. The van der Waals surface area contributed by atoms with Gasteiger partial charge in [-0.1, -0.05) is 44.2 Å². The van der Waals surface area contributed by atoms with E-state index >= 15 is 0 Å². The van der Waals surface area contributed by atoms with Crippen LogP contribution in [0.4, 0.5) is 11.4 Å². The average Bonchev–Trinajstić information content (AvgIpc) is 3.31. The van der Waals surface area contributed by atoms with E-state index in [2.05, 4.69) is 35.2 Å². The highest BCUT2D eigenvalue weighted by Crippen LogP contribution is 2.39. The van der Waals surface area contributed by atoms with Crippen molar-refractivity contribution in [2.45, 2.75) is 33.6 Å². The first-order valence-electron chi connectivity index (χ1n) is 11.6. The molecule has 0 fully saturated rings. The Morgan fingerprint density at radius 1 is 1.00 bits per heavy atom. The second-order valence-corrected chi connectivity index (χ2v) is 9.96. The predicted octanol–water partition coefficient (Wildman–Crippen LogP) is 6.09. The zero-order valence-electron chi connectivity index (χ0n) is 20.2. The van der Waals surface area contributed by atoms with Crippen LogP contribution in [0.15, 0.2) is 75.7 Å². The number of fused-ring (bicyclic) bond motifs is 1. The Kier molecular flexibility index (Phi) is 5.59. The number of rotatable bonds is 5. The molecule has 3 aromatic carbocycles. The molecule has 8 nitrogen and oxygen atoms in total. The maximum Gasteiger partial charge on any atom is 0.335 e. The number of carbonyl (C=O) groups is 1. The van der Waals surface area contributed by atoms with Crippen LogP contribution in [0.1, 0.15) is 41.0 Å². The van der Waals surface area contributed by atoms with E-state index in [-0.39, 0.29) is 33.7 Å². The van der Waals surface area contributed by atoms with Gasteiger partial charge in [-0.25, -0.2) is 9.48 Å². The number of nitrogens with one attached hydrogen (secondary N) is 1. The summed E-state index contributed by atoms with van der Waals surface area (Å²) in [5.74, 6) is -1.21. The number of azo groups is 1. The number of aromatic nitrogens is 2. The number of nitrogens with zero attached hydrogens (tertiary/aromatic N) is 3. The third kappa shape index (κ3) is 4.22. The third-order valence-electron chi connectivity index (χ3n) is 6.52. The number of aryl methyl sites for hydroxylation is 1. The Labute approximate surface area is 207 Å². The van der Waals surface area contributed by atoms with Crippen molar-refractivity contribution in [2.24, 2.45) is 15.6 Å². The second-order valence-electron chi connectivity index (χ2n) is 9.96. The van der Waals surface area contributed by atoms with Crippen LogP contribution in [0.5, 0.6) is 5.75 Å². The van der Waals surface area contributed by atoms with Crippen molar-refractivity contribution in [2.75, 3.05) is 0 Å². The van der Waals surface area contributed by atoms with Crippen LogP contribution in [0, 0.1) is 12.3 Å². The van der Waals surface area contributed by atoms with Crippen LogP contribution in [-0.4, -0.2) is 26.0 Å². The van der Waals surface area contributed by atoms with E-state index in [1.165, 1.54) is 27.9 Å². The van der Waals surface area contributed by atoms with Gasteiger partial charge >= 0.3 is 5.97 Å².